The first kappa shape index (κ1) is 45.4. The molecule has 1 saturated heterocycles. The van der Waals surface area contributed by atoms with E-state index >= 15 is 0 Å². The van der Waals surface area contributed by atoms with E-state index in [-0.39, 0.29) is 12.5 Å². The molecule has 1 rings (SSSR count). The molecule has 1 aliphatic rings. The van der Waals surface area contributed by atoms with E-state index in [4.69, 9.17) is 9.47 Å². The Hall–Kier alpha value is -1.59. The fourth-order valence-electron chi connectivity index (χ4n) is 5.93. The van der Waals surface area contributed by atoms with Crippen molar-refractivity contribution < 1.29 is 39.8 Å². The Kier molecular flexibility index (Phi) is 28.9. The molecule has 7 unspecified atom stereocenters. The van der Waals surface area contributed by atoms with Crippen molar-refractivity contribution in [3.8, 4) is 0 Å². The van der Waals surface area contributed by atoms with Crippen molar-refractivity contribution in [2.24, 2.45) is 0 Å². The van der Waals surface area contributed by atoms with Crippen molar-refractivity contribution in [3.05, 3.63) is 36.5 Å². The molecule has 0 aromatic carbocycles. The number of hydrogen-bond donors (Lipinski definition) is 6. The Morgan fingerprint density at radius 3 is 1.73 bits per heavy atom. The normalized spacial score (nSPS) is 22.8. The van der Waals surface area contributed by atoms with Gasteiger partial charge in [-0.25, -0.2) is 0 Å². The van der Waals surface area contributed by atoms with Crippen LogP contribution in [0.3, 0.4) is 0 Å². The summed E-state index contributed by atoms with van der Waals surface area (Å²) in [4.78, 5) is 12.9. The molecule has 0 bridgehead atoms. The van der Waals surface area contributed by atoms with Crippen molar-refractivity contribution in [2.75, 3.05) is 13.2 Å². The van der Waals surface area contributed by atoms with Crippen LogP contribution in [0.15, 0.2) is 36.5 Å². The van der Waals surface area contributed by atoms with Crippen molar-refractivity contribution in [1.82, 2.24) is 5.32 Å². The second-order valence-corrected chi connectivity index (χ2v) is 13.7. The fraction of sp³-hybridized carbons (Fsp3) is 0.825. The highest BCUT2D eigenvalue weighted by Gasteiger charge is 2.44. The molecule has 286 valence electrons. The van der Waals surface area contributed by atoms with Gasteiger partial charge in [0.15, 0.2) is 6.29 Å². The van der Waals surface area contributed by atoms with Crippen LogP contribution >= 0.6 is 0 Å². The van der Waals surface area contributed by atoms with E-state index in [1.54, 1.807) is 6.08 Å². The van der Waals surface area contributed by atoms with Gasteiger partial charge in [0.05, 0.1) is 25.4 Å². The van der Waals surface area contributed by atoms with Crippen LogP contribution in [0.25, 0.3) is 0 Å². The van der Waals surface area contributed by atoms with Gasteiger partial charge in [0.1, 0.15) is 24.4 Å². The van der Waals surface area contributed by atoms with Gasteiger partial charge in [-0.3, -0.25) is 4.79 Å². The Morgan fingerprint density at radius 2 is 1.16 bits per heavy atom. The molecule has 0 saturated carbocycles. The van der Waals surface area contributed by atoms with Crippen molar-refractivity contribution >= 4 is 5.91 Å². The van der Waals surface area contributed by atoms with E-state index in [1.165, 1.54) is 77.0 Å². The number of carbonyl (C=O) groups is 1. The molecule has 1 amide bonds. The standard InChI is InChI=1S/C40H73NO8/c1-3-5-7-9-11-13-15-16-17-18-19-20-22-24-26-28-30-36(44)41-33(32-48-40-39(47)38(46)37(45)35(31-42)49-40)34(43)29-27-25-23-21-14-12-10-8-6-4-2/h14,17-18,21,27,29,33-35,37-40,42-43,45-47H,3-13,15-16,19-20,22-26,28,30-32H2,1-2H3,(H,41,44)/b18-17-,21-14+,29-27+. The van der Waals surface area contributed by atoms with E-state index < -0.39 is 49.5 Å². The number of nitrogens with one attached hydrogen (secondary N) is 1. The number of unbranched alkanes of at least 4 members (excludes halogenated alkanes) is 17. The molecule has 0 aromatic rings. The summed E-state index contributed by atoms with van der Waals surface area (Å²) in [5.74, 6) is -0.200. The summed E-state index contributed by atoms with van der Waals surface area (Å²) in [5.41, 5.74) is 0. The third kappa shape index (κ3) is 22.8. The van der Waals surface area contributed by atoms with Gasteiger partial charge in [-0.15, -0.1) is 0 Å². The zero-order valence-electron chi connectivity index (χ0n) is 30.9. The Balaban J connectivity index is 2.44. The number of allylic oxidation sites excluding steroid dienone is 5. The van der Waals surface area contributed by atoms with Gasteiger partial charge in [-0.2, -0.15) is 0 Å². The van der Waals surface area contributed by atoms with Gasteiger partial charge in [0.25, 0.3) is 0 Å². The number of amides is 1. The van der Waals surface area contributed by atoms with E-state index in [2.05, 4.69) is 43.5 Å². The SMILES string of the molecule is CCCCCC/C=C/CC/C=C/C(O)C(COC1OC(CO)C(O)C(O)C1O)NC(=O)CCCCCCC/C=C\CCCCCCCCC. The monoisotopic (exact) mass is 696 g/mol. The highest BCUT2D eigenvalue weighted by atomic mass is 16.7. The minimum Gasteiger partial charge on any atom is -0.394 e. The van der Waals surface area contributed by atoms with Crippen LogP contribution in [0, 0.1) is 0 Å². The number of hydrogen-bond acceptors (Lipinski definition) is 8. The molecule has 0 aliphatic carbocycles. The third-order valence-corrected chi connectivity index (χ3v) is 9.19. The van der Waals surface area contributed by atoms with Gasteiger partial charge < -0.3 is 40.3 Å². The quantitative estimate of drug-likeness (QED) is 0.0338. The van der Waals surface area contributed by atoms with Crippen LogP contribution in [0.2, 0.25) is 0 Å². The third-order valence-electron chi connectivity index (χ3n) is 9.19. The Morgan fingerprint density at radius 1 is 0.673 bits per heavy atom. The lowest BCUT2D eigenvalue weighted by molar-refractivity contribution is -0.302. The molecule has 0 radical (unpaired) electrons. The molecule has 9 heteroatoms. The smallest absolute Gasteiger partial charge is 0.220 e. The molecule has 9 nitrogen and oxygen atoms in total. The van der Waals surface area contributed by atoms with Crippen LogP contribution in [0.1, 0.15) is 155 Å². The minimum absolute atomic E-state index is 0.200. The molecule has 0 spiro atoms. The van der Waals surface area contributed by atoms with Gasteiger partial charge in [-0.1, -0.05) is 127 Å². The molecular formula is C40H73NO8. The van der Waals surface area contributed by atoms with Gasteiger partial charge >= 0.3 is 0 Å². The highest BCUT2D eigenvalue weighted by Crippen LogP contribution is 2.22. The van der Waals surface area contributed by atoms with Crippen LogP contribution in [0.4, 0.5) is 0 Å². The Bertz CT molecular complexity index is 863. The highest BCUT2D eigenvalue weighted by molar-refractivity contribution is 5.76. The second-order valence-electron chi connectivity index (χ2n) is 13.7. The first-order valence-electron chi connectivity index (χ1n) is 19.7. The summed E-state index contributed by atoms with van der Waals surface area (Å²) in [6.45, 7) is 3.68. The molecule has 0 aromatic heterocycles. The minimum atomic E-state index is -1.57. The summed E-state index contributed by atoms with van der Waals surface area (Å²) in [7, 11) is 0. The van der Waals surface area contributed by atoms with Crippen LogP contribution in [0.5, 0.6) is 0 Å². The molecule has 6 N–H and O–H groups in total. The van der Waals surface area contributed by atoms with Crippen LogP contribution in [-0.4, -0.2) is 87.5 Å². The molecular weight excluding hydrogens is 622 g/mol. The molecule has 1 fully saturated rings. The number of aliphatic hydroxyl groups excluding tert-OH is 5. The maximum Gasteiger partial charge on any atom is 0.220 e. The summed E-state index contributed by atoms with van der Waals surface area (Å²) in [6.07, 6.45) is 29.1. The Labute approximate surface area is 298 Å². The van der Waals surface area contributed by atoms with Crippen molar-refractivity contribution in [3.63, 3.8) is 0 Å². The first-order chi connectivity index (χ1) is 23.8. The first-order valence-corrected chi connectivity index (χ1v) is 19.7. The van der Waals surface area contributed by atoms with E-state index in [0.717, 1.165) is 57.8 Å². The maximum atomic E-state index is 12.9. The van der Waals surface area contributed by atoms with Gasteiger partial charge in [-0.05, 0) is 57.8 Å². The van der Waals surface area contributed by atoms with E-state index in [0.29, 0.717) is 6.42 Å². The van der Waals surface area contributed by atoms with Gasteiger partial charge in [0, 0.05) is 6.42 Å². The lowest BCUT2D eigenvalue weighted by atomic mass is 9.99. The van der Waals surface area contributed by atoms with Crippen molar-refractivity contribution in [2.45, 2.75) is 198 Å². The lowest BCUT2D eigenvalue weighted by Crippen LogP contribution is -2.60. The average molecular weight is 696 g/mol. The largest absolute Gasteiger partial charge is 0.394 e. The maximum absolute atomic E-state index is 12.9. The number of aliphatic hydroxyl groups is 5. The number of ether oxygens (including phenoxy) is 2. The summed E-state index contributed by atoms with van der Waals surface area (Å²) in [5, 5.41) is 53.8. The summed E-state index contributed by atoms with van der Waals surface area (Å²) in [6, 6.07) is -0.821. The van der Waals surface area contributed by atoms with Crippen LogP contribution in [-0.2, 0) is 14.3 Å². The molecule has 1 aliphatic heterocycles. The predicted octanol–water partition coefficient (Wildman–Crippen LogP) is 6.94. The van der Waals surface area contributed by atoms with Crippen LogP contribution < -0.4 is 5.32 Å². The topological polar surface area (TPSA) is 149 Å². The fourth-order valence-corrected chi connectivity index (χ4v) is 5.93. The number of rotatable bonds is 31. The predicted molar refractivity (Wildman–Crippen MR) is 198 cm³/mol. The molecule has 7 atom stereocenters. The summed E-state index contributed by atoms with van der Waals surface area (Å²) >= 11 is 0. The lowest BCUT2D eigenvalue weighted by Gasteiger charge is -2.40. The van der Waals surface area contributed by atoms with E-state index in [1.807, 2.05) is 6.08 Å². The zero-order chi connectivity index (χ0) is 36.0. The van der Waals surface area contributed by atoms with E-state index in [9.17, 15) is 30.3 Å². The van der Waals surface area contributed by atoms with Gasteiger partial charge in [0.2, 0.25) is 5.91 Å². The summed E-state index contributed by atoms with van der Waals surface area (Å²) < 4.78 is 11.1. The zero-order valence-corrected chi connectivity index (χ0v) is 30.9. The second kappa shape index (κ2) is 31.2. The average Bonchev–Trinajstić information content (AvgIpc) is 3.10. The number of carbonyl (C=O) groups excluding carboxylic acids is 1. The molecule has 1 heterocycles. The molecule has 49 heavy (non-hydrogen) atoms. The van der Waals surface area contributed by atoms with Crippen molar-refractivity contribution in [1.29, 1.82) is 0 Å².